The van der Waals surface area contributed by atoms with Gasteiger partial charge in [0.05, 0.1) is 11.4 Å². The van der Waals surface area contributed by atoms with Crippen molar-refractivity contribution in [3.8, 4) is 0 Å². The van der Waals surface area contributed by atoms with Crippen molar-refractivity contribution in [1.82, 2.24) is 5.32 Å². The molecule has 94 valence electrons. The zero-order valence-corrected chi connectivity index (χ0v) is 12.9. The van der Waals surface area contributed by atoms with Gasteiger partial charge in [-0.3, -0.25) is 4.79 Å². The van der Waals surface area contributed by atoms with Crippen LogP contribution < -0.4 is 5.32 Å². The Morgan fingerprint density at radius 3 is 3.06 bits per heavy atom. The van der Waals surface area contributed by atoms with Gasteiger partial charge < -0.3 is 5.32 Å². The second-order valence-corrected chi connectivity index (χ2v) is 7.28. The molecule has 0 atom stereocenters. The van der Waals surface area contributed by atoms with Crippen LogP contribution in [0.1, 0.15) is 31.4 Å². The van der Waals surface area contributed by atoms with Gasteiger partial charge in [0.2, 0.25) is 0 Å². The number of aryl methyl sites for hydroxylation is 2. The lowest BCUT2D eigenvalue weighted by Gasteiger charge is -2.02. The zero-order valence-electron chi connectivity index (χ0n) is 9.66. The number of nitrogens with one attached hydrogen (secondary N) is 1. The van der Waals surface area contributed by atoms with Crippen molar-refractivity contribution >= 4 is 44.5 Å². The molecule has 1 amide bonds. The monoisotopic (exact) mass is 341 g/mol. The molecular formula is C13H12BrNOS2. The third-order valence-corrected chi connectivity index (χ3v) is 6.23. The number of hydrogen-bond donors (Lipinski definition) is 1. The van der Waals surface area contributed by atoms with Crippen LogP contribution in [0.2, 0.25) is 0 Å². The number of thiophene rings is 2. The largest absolute Gasteiger partial charge is 0.346 e. The molecule has 0 aromatic carbocycles. The van der Waals surface area contributed by atoms with Gasteiger partial charge in [-0.05, 0) is 58.3 Å². The summed E-state index contributed by atoms with van der Waals surface area (Å²) in [6.07, 6.45) is 3.52. The molecule has 2 aromatic heterocycles. The second kappa shape index (κ2) is 5.15. The Hall–Kier alpha value is -0.650. The molecular weight excluding hydrogens is 330 g/mol. The lowest BCUT2D eigenvalue weighted by Crippen LogP contribution is -2.21. The highest BCUT2D eigenvalue weighted by Crippen LogP contribution is 2.30. The second-order valence-electron chi connectivity index (χ2n) is 4.29. The van der Waals surface area contributed by atoms with Crippen molar-refractivity contribution in [3.05, 3.63) is 42.2 Å². The topological polar surface area (TPSA) is 29.1 Å². The summed E-state index contributed by atoms with van der Waals surface area (Å²) in [5.41, 5.74) is 1.38. The minimum Gasteiger partial charge on any atom is -0.346 e. The Balaban J connectivity index is 1.66. The summed E-state index contributed by atoms with van der Waals surface area (Å²) in [5, 5.41) is 5.00. The van der Waals surface area contributed by atoms with E-state index in [2.05, 4.69) is 27.3 Å². The molecule has 0 radical (unpaired) electrons. The summed E-state index contributed by atoms with van der Waals surface area (Å²) in [7, 11) is 0. The number of rotatable bonds is 3. The number of hydrogen-bond acceptors (Lipinski definition) is 3. The van der Waals surface area contributed by atoms with Gasteiger partial charge in [0, 0.05) is 14.2 Å². The van der Waals surface area contributed by atoms with E-state index in [4.69, 9.17) is 0 Å². The van der Waals surface area contributed by atoms with Crippen LogP contribution in [0.25, 0.3) is 0 Å². The van der Waals surface area contributed by atoms with E-state index in [0.29, 0.717) is 6.54 Å². The maximum absolute atomic E-state index is 12.0. The quantitative estimate of drug-likeness (QED) is 0.898. The first kappa shape index (κ1) is 12.4. The minimum absolute atomic E-state index is 0.0506. The Morgan fingerprint density at radius 2 is 2.33 bits per heavy atom. The van der Waals surface area contributed by atoms with Crippen LogP contribution in [0.3, 0.4) is 0 Å². The zero-order chi connectivity index (χ0) is 12.5. The van der Waals surface area contributed by atoms with Crippen molar-refractivity contribution in [2.75, 3.05) is 0 Å². The molecule has 1 aliphatic rings. The van der Waals surface area contributed by atoms with Crippen LogP contribution in [-0.2, 0) is 19.4 Å². The smallest absolute Gasteiger partial charge is 0.261 e. The number of carbonyl (C=O) groups excluding carboxylic acids is 1. The van der Waals surface area contributed by atoms with Gasteiger partial charge in [0.25, 0.3) is 5.91 Å². The summed E-state index contributed by atoms with van der Waals surface area (Å²) in [6, 6.07) is 4.07. The number of carbonyl (C=O) groups is 1. The van der Waals surface area contributed by atoms with E-state index in [1.54, 1.807) is 22.7 Å². The van der Waals surface area contributed by atoms with E-state index in [9.17, 15) is 4.79 Å². The molecule has 5 heteroatoms. The lowest BCUT2D eigenvalue weighted by atomic mass is 10.2. The molecule has 0 aliphatic heterocycles. The molecule has 18 heavy (non-hydrogen) atoms. The molecule has 0 spiro atoms. The molecule has 2 nitrogen and oxygen atoms in total. The molecule has 2 heterocycles. The van der Waals surface area contributed by atoms with Gasteiger partial charge in [-0.1, -0.05) is 0 Å². The van der Waals surface area contributed by atoms with Gasteiger partial charge in [-0.2, -0.15) is 0 Å². The molecule has 0 saturated carbocycles. The van der Waals surface area contributed by atoms with Crippen molar-refractivity contribution < 1.29 is 4.79 Å². The van der Waals surface area contributed by atoms with Gasteiger partial charge in [-0.15, -0.1) is 22.7 Å². The minimum atomic E-state index is 0.0506. The third-order valence-electron chi connectivity index (χ3n) is 3.07. The number of amides is 1. The third kappa shape index (κ3) is 2.39. The molecule has 2 aromatic rings. The summed E-state index contributed by atoms with van der Waals surface area (Å²) < 4.78 is 1.07. The van der Waals surface area contributed by atoms with Gasteiger partial charge in [0.1, 0.15) is 0 Å². The average Bonchev–Trinajstić information content (AvgIpc) is 3.00. The fourth-order valence-corrected chi connectivity index (χ4v) is 4.74. The molecule has 0 unspecified atom stereocenters. The Labute approximate surface area is 122 Å². The highest BCUT2D eigenvalue weighted by Gasteiger charge is 2.18. The first-order valence-corrected chi connectivity index (χ1v) is 8.34. The van der Waals surface area contributed by atoms with Crippen LogP contribution >= 0.6 is 38.6 Å². The first-order chi connectivity index (χ1) is 8.74. The van der Waals surface area contributed by atoms with Crippen molar-refractivity contribution in [2.45, 2.75) is 25.8 Å². The molecule has 0 fully saturated rings. The van der Waals surface area contributed by atoms with Crippen LogP contribution in [0.4, 0.5) is 0 Å². The van der Waals surface area contributed by atoms with Gasteiger partial charge >= 0.3 is 0 Å². The fourth-order valence-electron chi connectivity index (χ4n) is 2.14. The van der Waals surface area contributed by atoms with E-state index in [0.717, 1.165) is 27.1 Å². The van der Waals surface area contributed by atoms with Crippen molar-refractivity contribution in [3.63, 3.8) is 0 Å². The average molecular weight is 342 g/mol. The standard InChI is InChI=1S/C13H12BrNOS2/c14-9-4-5-17-12(9)7-15-13(16)11-6-8-2-1-3-10(8)18-11/h4-6H,1-3,7H2,(H,15,16). The SMILES string of the molecule is O=C(NCc1sccc1Br)c1cc2c(s1)CCC2. The highest BCUT2D eigenvalue weighted by molar-refractivity contribution is 9.10. The van der Waals surface area contributed by atoms with Crippen LogP contribution in [-0.4, -0.2) is 5.91 Å². The predicted octanol–water partition coefficient (Wildman–Crippen LogP) is 3.99. The summed E-state index contributed by atoms with van der Waals surface area (Å²) in [5.74, 6) is 0.0506. The van der Waals surface area contributed by atoms with E-state index >= 15 is 0 Å². The van der Waals surface area contributed by atoms with Crippen LogP contribution in [0.15, 0.2) is 22.0 Å². The fraction of sp³-hybridized carbons (Fsp3) is 0.308. The van der Waals surface area contributed by atoms with E-state index in [1.165, 1.54) is 16.9 Å². The van der Waals surface area contributed by atoms with E-state index in [-0.39, 0.29) is 5.91 Å². The Morgan fingerprint density at radius 1 is 1.44 bits per heavy atom. The molecule has 1 N–H and O–H groups in total. The molecule has 1 aliphatic carbocycles. The number of fused-ring (bicyclic) bond motifs is 1. The van der Waals surface area contributed by atoms with Crippen molar-refractivity contribution in [2.24, 2.45) is 0 Å². The van der Waals surface area contributed by atoms with Crippen LogP contribution in [0.5, 0.6) is 0 Å². The van der Waals surface area contributed by atoms with Crippen LogP contribution in [0, 0.1) is 0 Å². The maximum Gasteiger partial charge on any atom is 0.261 e. The lowest BCUT2D eigenvalue weighted by molar-refractivity contribution is 0.0955. The first-order valence-electron chi connectivity index (χ1n) is 5.85. The highest BCUT2D eigenvalue weighted by atomic mass is 79.9. The van der Waals surface area contributed by atoms with E-state index < -0.39 is 0 Å². The molecule has 3 rings (SSSR count). The molecule has 0 bridgehead atoms. The summed E-state index contributed by atoms with van der Waals surface area (Å²) >= 11 is 6.77. The molecule has 0 saturated heterocycles. The summed E-state index contributed by atoms with van der Waals surface area (Å²) in [6.45, 7) is 0.597. The summed E-state index contributed by atoms with van der Waals surface area (Å²) in [4.78, 5) is 15.5. The van der Waals surface area contributed by atoms with E-state index in [1.807, 2.05) is 11.4 Å². The maximum atomic E-state index is 12.0. The Kier molecular flexibility index (Phi) is 3.54. The Bertz CT molecular complexity index is 566. The van der Waals surface area contributed by atoms with Crippen molar-refractivity contribution in [1.29, 1.82) is 0 Å². The number of halogens is 1. The van der Waals surface area contributed by atoms with Gasteiger partial charge in [0.15, 0.2) is 0 Å². The van der Waals surface area contributed by atoms with Gasteiger partial charge in [-0.25, -0.2) is 0 Å². The predicted molar refractivity (Wildman–Crippen MR) is 79.5 cm³/mol. The normalized spacial score (nSPS) is 13.6.